The van der Waals surface area contributed by atoms with Gasteiger partial charge in [0.05, 0.1) is 0 Å². The maximum atomic E-state index is 5.79. The maximum absolute atomic E-state index is 5.79. The number of hydrogen-bond acceptors (Lipinski definition) is 1. The van der Waals surface area contributed by atoms with Gasteiger partial charge in [-0.2, -0.15) is 0 Å². The molecule has 0 saturated heterocycles. The lowest BCUT2D eigenvalue weighted by atomic mass is 9.50. The molecule has 4 saturated carbocycles. The Bertz CT molecular complexity index is 446. The molecule has 4 aliphatic rings. The predicted octanol–water partition coefficient (Wildman–Crippen LogP) is 3.36. The number of nitrogens with two attached hydrogens (primary N) is 1. The summed E-state index contributed by atoms with van der Waals surface area (Å²) < 4.78 is 0. The first-order valence-electron chi connectivity index (χ1n) is 8.13. The molecule has 2 nitrogen and oxygen atoms in total. The minimum absolute atomic E-state index is 0.764. The molecule has 0 atom stereocenters. The highest BCUT2D eigenvalue weighted by molar-refractivity contribution is 5.32. The molecule has 0 aliphatic heterocycles. The second-order valence-corrected chi connectivity index (χ2v) is 7.38. The molecule has 0 aromatic carbocycles. The normalized spacial score (nSPS) is 40.0. The van der Waals surface area contributed by atoms with E-state index in [1.165, 1.54) is 37.1 Å². The summed E-state index contributed by atoms with van der Waals surface area (Å²) in [6.45, 7) is 2.96. The highest BCUT2D eigenvalue weighted by atomic mass is 14.7. The molecule has 4 aliphatic carbocycles. The van der Waals surface area contributed by atoms with Crippen LogP contribution in [-0.4, -0.2) is 11.5 Å². The van der Waals surface area contributed by atoms with E-state index in [0.717, 1.165) is 42.6 Å². The first-order valence-corrected chi connectivity index (χ1v) is 8.13. The number of aromatic amines is 1. The number of aryl methyl sites for hydroxylation is 1. The van der Waals surface area contributed by atoms with E-state index < -0.39 is 0 Å². The van der Waals surface area contributed by atoms with Crippen molar-refractivity contribution in [2.24, 2.45) is 29.4 Å². The maximum Gasteiger partial charge on any atom is 0.0197 e. The molecular weight excluding hydrogens is 232 g/mol. The SMILES string of the molecule is Cc1cc(C2C3CC4CC(C3)CC2C4)c(CCN)[nH]1. The fourth-order valence-electron chi connectivity index (χ4n) is 5.75. The Hall–Kier alpha value is -0.760. The van der Waals surface area contributed by atoms with Crippen molar-refractivity contribution in [1.82, 2.24) is 4.98 Å². The average molecular weight is 258 g/mol. The van der Waals surface area contributed by atoms with E-state index in [0.29, 0.717) is 0 Å². The Kier molecular flexibility index (Phi) is 2.77. The Morgan fingerprint density at radius 2 is 1.74 bits per heavy atom. The fourth-order valence-corrected chi connectivity index (χ4v) is 5.75. The van der Waals surface area contributed by atoms with Crippen molar-refractivity contribution in [3.8, 4) is 0 Å². The van der Waals surface area contributed by atoms with E-state index in [9.17, 15) is 0 Å². The second-order valence-electron chi connectivity index (χ2n) is 7.38. The van der Waals surface area contributed by atoms with Crippen molar-refractivity contribution in [2.45, 2.75) is 51.4 Å². The van der Waals surface area contributed by atoms with Crippen molar-refractivity contribution in [1.29, 1.82) is 0 Å². The lowest BCUT2D eigenvalue weighted by Gasteiger charge is -2.54. The van der Waals surface area contributed by atoms with E-state index in [2.05, 4.69) is 18.0 Å². The van der Waals surface area contributed by atoms with Gasteiger partial charge in [-0.1, -0.05) is 0 Å². The molecule has 4 bridgehead atoms. The Labute approximate surface area is 116 Å². The van der Waals surface area contributed by atoms with Gasteiger partial charge in [-0.15, -0.1) is 0 Å². The van der Waals surface area contributed by atoms with Gasteiger partial charge in [0.15, 0.2) is 0 Å². The molecule has 19 heavy (non-hydrogen) atoms. The molecule has 1 aromatic heterocycles. The average Bonchev–Trinajstić information content (AvgIpc) is 2.69. The standard InChI is InChI=1S/C17H26N2/c1-10-4-15(16(19-10)2-3-18)17-13-6-11-5-12(8-13)9-14(17)7-11/h4,11-14,17,19H,2-3,5-9,18H2,1H3. The third kappa shape index (κ3) is 1.87. The van der Waals surface area contributed by atoms with Crippen molar-refractivity contribution >= 4 is 0 Å². The van der Waals surface area contributed by atoms with Crippen LogP contribution in [0.3, 0.4) is 0 Å². The van der Waals surface area contributed by atoms with Crippen LogP contribution in [0.25, 0.3) is 0 Å². The molecule has 104 valence electrons. The summed E-state index contributed by atoms with van der Waals surface area (Å²) in [5.41, 5.74) is 10.2. The number of aromatic nitrogens is 1. The summed E-state index contributed by atoms with van der Waals surface area (Å²) in [5, 5.41) is 0. The van der Waals surface area contributed by atoms with Crippen LogP contribution in [0.4, 0.5) is 0 Å². The Balaban J connectivity index is 1.68. The molecule has 3 N–H and O–H groups in total. The van der Waals surface area contributed by atoms with Crippen molar-refractivity contribution in [3.05, 3.63) is 23.0 Å². The van der Waals surface area contributed by atoms with Crippen LogP contribution in [0.1, 0.15) is 55.0 Å². The summed E-state index contributed by atoms with van der Waals surface area (Å²) in [5.74, 6) is 4.93. The largest absolute Gasteiger partial charge is 0.362 e. The summed E-state index contributed by atoms with van der Waals surface area (Å²) in [4.78, 5) is 3.57. The monoisotopic (exact) mass is 258 g/mol. The van der Waals surface area contributed by atoms with Gasteiger partial charge in [0.1, 0.15) is 0 Å². The van der Waals surface area contributed by atoms with Crippen LogP contribution in [0.5, 0.6) is 0 Å². The molecule has 0 spiro atoms. The zero-order chi connectivity index (χ0) is 13.0. The van der Waals surface area contributed by atoms with Gasteiger partial charge < -0.3 is 10.7 Å². The molecule has 5 rings (SSSR count). The van der Waals surface area contributed by atoms with Crippen LogP contribution in [-0.2, 0) is 6.42 Å². The summed E-state index contributed by atoms with van der Waals surface area (Å²) in [6, 6.07) is 2.43. The van der Waals surface area contributed by atoms with E-state index in [1.807, 2.05) is 0 Å². The zero-order valence-corrected chi connectivity index (χ0v) is 12.0. The van der Waals surface area contributed by atoms with Crippen molar-refractivity contribution in [3.63, 3.8) is 0 Å². The number of nitrogens with one attached hydrogen (secondary N) is 1. The minimum Gasteiger partial charge on any atom is -0.362 e. The van der Waals surface area contributed by atoms with Crippen LogP contribution >= 0.6 is 0 Å². The molecule has 0 radical (unpaired) electrons. The number of hydrogen-bond donors (Lipinski definition) is 2. The third-order valence-corrected chi connectivity index (χ3v) is 6.05. The lowest BCUT2D eigenvalue weighted by molar-refractivity contribution is -0.00301. The molecule has 1 aromatic rings. The van der Waals surface area contributed by atoms with Gasteiger partial charge in [-0.05, 0) is 93.2 Å². The van der Waals surface area contributed by atoms with Crippen LogP contribution in [0.15, 0.2) is 6.07 Å². The quantitative estimate of drug-likeness (QED) is 0.857. The summed E-state index contributed by atoms with van der Waals surface area (Å²) >= 11 is 0. The topological polar surface area (TPSA) is 41.8 Å². The summed E-state index contributed by atoms with van der Waals surface area (Å²) in [7, 11) is 0. The molecule has 2 heteroatoms. The first kappa shape index (κ1) is 12.0. The van der Waals surface area contributed by atoms with Gasteiger partial charge >= 0.3 is 0 Å². The molecule has 1 heterocycles. The van der Waals surface area contributed by atoms with Gasteiger partial charge in [-0.25, -0.2) is 0 Å². The van der Waals surface area contributed by atoms with E-state index in [4.69, 9.17) is 5.73 Å². The van der Waals surface area contributed by atoms with Crippen molar-refractivity contribution in [2.75, 3.05) is 6.54 Å². The molecule has 0 amide bonds. The first-order chi connectivity index (χ1) is 9.24. The second kappa shape index (κ2) is 4.37. The predicted molar refractivity (Wildman–Crippen MR) is 78.1 cm³/mol. The highest BCUT2D eigenvalue weighted by Gasteiger charge is 2.49. The van der Waals surface area contributed by atoms with E-state index >= 15 is 0 Å². The Morgan fingerprint density at radius 3 is 2.32 bits per heavy atom. The van der Waals surface area contributed by atoms with Gasteiger partial charge in [0, 0.05) is 11.4 Å². The van der Waals surface area contributed by atoms with E-state index in [-0.39, 0.29) is 0 Å². The molecule has 4 fully saturated rings. The fraction of sp³-hybridized carbons (Fsp3) is 0.765. The van der Waals surface area contributed by atoms with Crippen LogP contribution in [0.2, 0.25) is 0 Å². The van der Waals surface area contributed by atoms with Gasteiger partial charge in [0.25, 0.3) is 0 Å². The smallest absolute Gasteiger partial charge is 0.0197 e. The van der Waals surface area contributed by atoms with Gasteiger partial charge in [0.2, 0.25) is 0 Å². The van der Waals surface area contributed by atoms with E-state index in [1.54, 1.807) is 12.0 Å². The van der Waals surface area contributed by atoms with Crippen LogP contribution in [0, 0.1) is 30.6 Å². The lowest BCUT2D eigenvalue weighted by Crippen LogP contribution is -2.43. The third-order valence-electron chi connectivity index (χ3n) is 6.05. The molecule has 0 unspecified atom stereocenters. The minimum atomic E-state index is 0.764. The zero-order valence-electron chi connectivity index (χ0n) is 12.0. The molecular formula is C17H26N2. The van der Waals surface area contributed by atoms with Crippen LogP contribution < -0.4 is 5.73 Å². The Morgan fingerprint density at radius 1 is 1.11 bits per heavy atom. The summed E-state index contributed by atoms with van der Waals surface area (Å²) in [6.07, 6.45) is 8.58. The van der Waals surface area contributed by atoms with Gasteiger partial charge in [-0.3, -0.25) is 0 Å². The number of H-pyrrole nitrogens is 1. The highest BCUT2D eigenvalue weighted by Crippen LogP contribution is 2.60. The number of rotatable bonds is 3. The van der Waals surface area contributed by atoms with Crippen molar-refractivity contribution < 1.29 is 0 Å².